The molecule has 1 aromatic heterocycles. The highest BCUT2D eigenvalue weighted by Crippen LogP contribution is 2.29. The molecule has 0 saturated heterocycles. The van der Waals surface area contributed by atoms with Gasteiger partial charge in [-0.15, -0.1) is 11.3 Å². The molecule has 1 aromatic carbocycles. The number of hydrogen-bond acceptors (Lipinski definition) is 2. The lowest BCUT2D eigenvalue weighted by molar-refractivity contribution is 1.09. The number of thiazole rings is 1. The zero-order chi connectivity index (χ0) is 10.8. The fourth-order valence-electron chi connectivity index (χ4n) is 1.51. The first-order valence-corrected chi connectivity index (χ1v) is 6.54. The topological polar surface area (TPSA) is 12.9 Å². The summed E-state index contributed by atoms with van der Waals surface area (Å²) in [5.41, 5.74) is 2.32. The van der Waals surface area contributed by atoms with Gasteiger partial charge in [-0.2, -0.15) is 0 Å². The molecule has 2 rings (SSSR count). The van der Waals surface area contributed by atoms with Crippen LogP contribution in [-0.2, 0) is 6.42 Å². The summed E-state index contributed by atoms with van der Waals surface area (Å²) in [5.74, 6) is 0. The Balaban J connectivity index is 2.48. The van der Waals surface area contributed by atoms with Gasteiger partial charge in [0.25, 0.3) is 0 Å². The number of halogens is 1. The van der Waals surface area contributed by atoms with E-state index in [1.54, 1.807) is 11.3 Å². The summed E-state index contributed by atoms with van der Waals surface area (Å²) in [5, 5.41) is 1.21. The molecule has 2 aromatic rings. The van der Waals surface area contributed by atoms with Crippen LogP contribution in [-0.4, -0.2) is 4.98 Å². The van der Waals surface area contributed by atoms with Gasteiger partial charge < -0.3 is 0 Å². The number of benzene rings is 1. The standard InChI is InChI=1S/C12H12BrNS/c1-3-11-14-12(8(2)15-11)9-5-4-6-10(13)7-9/h4-7H,3H2,1-2H3. The molecular weight excluding hydrogens is 270 g/mol. The van der Waals surface area contributed by atoms with E-state index in [9.17, 15) is 0 Å². The fraction of sp³-hybridized carbons (Fsp3) is 0.250. The van der Waals surface area contributed by atoms with Crippen LogP contribution in [0.5, 0.6) is 0 Å². The number of rotatable bonds is 2. The van der Waals surface area contributed by atoms with E-state index in [0.29, 0.717) is 0 Å². The second kappa shape index (κ2) is 4.45. The van der Waals surface area contributed by atoms with Crippen molar-refractivity contribution >= 4 is 27.3 Å². The van der Waals surface area contributed by atoms with Crippen molar-refractivity contribution in [2.75, 3.05) is 0 Å². The van der Waals surface area contributed by atoms with Gasteiger partial charge in [0.15, 0.2) is 0 Å². The molecule has 0 atom stereocenters. The second-order valence-electron chi connectivity index (χ2n) is 3.38. The molecule has 0 aliphatic rings. The van der Waals surface area contributed by atoms with E-state index >= 15 is 0 Å². The number of aryl methyl sites for hydroxylation is 2. The van der Waals surface area contributed by atoms with Crippen LogP contribution in [0.1, 0.15) is 16.8 Å². The van der Waals surface area contributed by atoms with Gasteiger partial charge in [-0.3, -0.25) is 0 Å². The summed E-state index contributed by atoms with van der Waals surface area (Å²) in [6.07, 6.45) is 1.01. The fourth-order valence-corrected chi connectivity index (χ4v) is 2.80. The Kier molecular flexibility index (Phi) is 3.22. The van der Waals surface area contributed by atoms with Crippen LogP contribution in [0.15, 0.2) is 28.7 Å². The maximum absolute atomic E-state index is 4.64. The van der Waals surface area contributed by atoms with Gasteiger partial charge in [-0.25, -0.2) is 4.98 Å². The average molecular weight is 282 g/mol. The van der Waals surface area contributed by atoms with E-state index in [1.165, 1.54) is 15.4 Å². The van der Waals surface area contributed by atoms with Crippen molar-refractivity contribution in [1.29, 1.82) is 0 Å². The summed E-state index contributed by atoms with van der Waals surface area (Å²) < 4.78 is 1.10. The van der Waals surface area contributed by atoms with Crippen LogP contribution in [0.3, 0.4) is 0 Å². The Bertz CT molecular complexity index is 476. The quantitative estimate of drug-likeness (QED) is 0.793. The minimum Gasteiger partial charge on any atom is -0.241 e. The van der Waals surface area contributed by atoms with Crippen LogP contribution in [0.4, 0.5) is 0 Å². The average Bonchev–Trinajstić information content (AvgIpc) is 2.60. The Hall–Kier alpha value is -0.670. The van der Waals surface area contributed by atoms with Crippen molar-refractivity contribution in [3.05, 3.63) is 38.6 Å². The van der Waals surface area contributed by atoms with E-state index in [1.807, 2.05) is 12.1 Å². The normalized spacial score (nSPS) is 10.6. The predicted octanol–water partition coefficient (Wildman–Crippen LogP) is 4.44. The zero-order valence-corrected chi connectivity index (χ0v) is 11.2. The molecule has 0 radical (unpaired) electrons. The first kappa shape index (κ1) is 10.8. The highest BCUT2D eigenvalue weighted by atomic mass is 79.9. The first-order chi connectivity index (χ1) is 7.20. The molecule has 0 amide bonds. The summed E-state index contributed by atoms with van der Waals surface area (Å²) >= 11 is 5.27. The largest absolute Gasteiger partial charge is 0.241 e. The van der Waals surface area contributed by atoms with Crippen molar-refractivity contribution in [2.45, 2.75) is 20.3 Å². The molecule has 0 unspecified atom stereocenters. The lowest BCUT2D eigenvalue weighted by Gasteiger charge is -1.98. The van der Waals surface area contributed by atoms with Crippen molar-refractivity contribution in [1.82, 2.24) is 4.98 Å². The van der Waals surface area contributed by atoms with Gasteiger partial charge in [-0.1, -0.05) is 35.0 Å². The van der Waals surface area contributed by atoms with Crippen LogP contribution in [0, 0.1) is 6.92 Å². The van der Waals surface area contributed by atoms with Gasteiger partial charge in [0.05, 0.1) is 10.7 Å². The van der Waals surface area contributed by atoms with E-state index in [2.05, 4.69) is 46.9 Å². The monoisotopic (exact) mass is 281 g/mol. The molecule has 0 spiro atoms. The molecule has 0 fully saturated rings. The molecule has 0 saturated carbocycles. The predicted molar refractivity (Wildman–Crippen MR) is 69.4 cm³/mol. The molecule has 15 heavy (non-hydrogen) atoms. The molecule has 0 aliphatic heterocycles. The lowest BCUT2D eigenvalue weighted by atomic mass is 10.1. The van der Waals surface area contributed by atoms with Crippen molar-refractivity contribution < 1.29 is 0 Å². The van der Waals surface area contributed by atoms with E-state index in [4.69, 9.17) is 0 Å². The summed E-state index contributed by atoms with van der Waals surface area (Å²) in [4.78, 5) is 5.93. The van der Waals surface area contributed by atoms with Crippen molar-refractivity contribution in [3.8, 4) is 11.3 Å². The van der Waals surface area contributed by atoms with E-state index in [0.717, 1.165) is 16.6 Å². The highest BCUT2D eigenvalue weighted by Gasteiger charge is 2.08. The molecule has 0 bridgehead atoms. The minimum atomic E-state index is 1.01. The molecular formula is C12H12BrNS. The third-order valence-electron chi connectivity index (χ3n) is 2.24. The maximum atomic E-state index is 4.64. The third-order valence-corrected chi connectivity index (χ3v) is 3.85. The molecule has 1 heterocycles. The highest BCUT2D eigenvalue weighted by molar-refractivity contribution is 9.10. The zero-order valence-electron chi connectivity index (χ0n) is 8.75. The van der Waals surface area contributed by atoms with E-state index in [-0.39, 0.29) is 0 Å². The smallest absolute Gasteiger partial charge is 0.0932 e. The summed E-state index contributed by atoms with van der Waals surface area (Å²) in [7, 11) is 0. The number of nitrogens with zero attached hydrogens (tertiary/aromatic N) is 1. The first-order valence-electron chi connectivity index (χ1n) is 4.93. The minimum absolute atomic E-state index is 1.01. The van der Waals surface area contributed by atoms with Crippen molar-refractivity contribution in [3.63, 3.8) is 0 Å². The second-order valence-corrected chi connectivity index (χ2v) is 5.58. The SMILES string of the molecule is CCc1nc(-c2cccc(Br)c2)c(C)s1. The Morgan fingerprint density at radius 2 is 2.20 bits per heavy atom. The van der Waals surface area contributed by atoms with Gasteiger partial charge in [0.1, 0.15) is 0 Å². The Labute approximate surface area is 102 Å². The van der Waals surface area contributed by atoms with Crippen LogP contribution >= 0.6 is 27.3 Å². The summed E-state index contributed by atoms with van der Waals surface area (Å²) in [6, 6.07) is 8.30. The summed E-state index contributed by atoms with van der Waals surface area (Å²) in [6.45, 7) is 4.27. The Morgan fingerprint density at radius 1 is 1.40 bits per heavy atom. The maximum Gasteiger partial charge on any atom is 0.0932 e. The Morgan fingerprint density at radius 3 is 2.80 bits per heavy atom. The molecule has 0 aliphatic carbocycles. The molecule has 1 nitrogen and oxygen atoms in total. The number of aromatic nitrogens is 1. The molecule has 78 valence electrons. The van der Waals surface area contributed by atoms with Crippen LogP contribution in [0.25, 0.3) is 11.3 Å². The van der Waals surface area contributed by atoms with Crippen molar-refractivity contribution in [2.24, 2.45) is 0 Å². The molecule has 0 N–H and O–H groups in total. The van der Waals surface area contributed by atoms with Gasteiger partial charge in [-0.05, 0) is 25.5 Å². The van der Waals surface area contributed by atoms with Crippen LogP contribution < -0.4 is 0 Å². The lowest BCUT2D eigenvalue weighted by Crippen LogP contribution is -1.82. The van der Waals surface area contributed by atoms with Gasteiger partial charge in [0, 0.05) is 14.9 Å². The third kappa shape index (κ3) is 2.29. The molecule has 3 heteroatoms. The van der Waals surface area contributed by atoms with Gasteiger partial charge in [0.2, 0.25) is 0 Å². The van der Waals surface area contributed by atoms with E-state index < -0.39 is 0 Å². The van der Waals surface area contributed by atoms with Crippen LogP contribution in [0.2, 0.25) is 0 Å². The van der Waals surface area contributed by atoms with Gasteiger partial charge >= 0.3 is 0 Å². The number of hydrogen-bond donors (Lipinski definition) is 0.